The van der Waals surface area contributed by atoms with E-state index in [4.69, 9.17) is 0 Å². The van der Waals surface area contributed by atoms with E-state index in [0.29, 0.717) is 13.1 Å². The molecule has 0 fully saturated rings. The first-order valence-electron chi connectivity index (χ1n) is 4.99. The van der Waals surface area contributed by atoms with E-state index in [1.54, 1.807) is 12.5 Å². The average Bonchev–Trinajstić information content (AvgIpc) is 2.59. The van der Waals surface area contributed by atoms with E-state index >= 15 is 0 Å². The summed E-state index contributed by atoms with van der Waals surface area (Å²) in [6.45, 7) is 1.06. The van der Waals surface area contributed by atoms with Gasteiger partial charge in [0, 0.05) is 40.4 Å². The second-order valence-electron chi connectivity index (χ2n) is 3.77. The minimum Gasteiger partial charge on any atom is -0.337 e. The zero-order chi connectivity index (χ0) is 12.2. The zero-order valence-electron chi connectivity index (χ0n) is 9.84. The van der Waals surface area contributed by atoms with Crippen LogP contribution in [0.25, 0.3) is 0 Å². The molecule has 0 amide bonds. The molecule has 1 aromatic rings. The molecule has 0 radical (unpaired) electrons. The lowest BCUT2D eigenvalue weighted by Crippen LogP contribution is -2.31. The number of aromatic nitrogens is 2. The number of hydrogen-bond donors (Lipinski definition) is 1. The van der Waals surface area contributed by atoms with Gasteiger partial charge in [-0.25, -0.2) is 17.7 Å². The number of imidazole rings is 1. The predicted octanol–water partition coefficient (Wildman–Crippen LogP) is -0.599. The molecular weight excluding hydrogens is 228 g/mol. The Bertz CT molecular complexity index is 424. The van der Waals surface area contributed by atoms with Gasteiger partial charge < -0.3 is 9.88 Å². The van der Waals surface area contributed by atoms with E-state index < -0.39 is 10.0 Å². The van der Waals surface area contributed by atoms with Crippen LogP contribution < -0.4 is 5.32 Å². The van der Waals surface area contributed by atoms with Crippen molar-refractivity contribution in [2.75, 3.05) is 26.4 Å². The van der Waals surface area contributed by atoms with Crippen molar-refractivity contribution < 1.29 is 8.42 Å². The molecule has 0 bridgehead atoms. The molecule has 1 aromatic heterocycles. The Kier molecular flexibility index (Phi) is 4.45. The maximum absolute atomic E-state index is 11.4. The predicted molar refractivity (Wildman–Crippen MR) is 62.4 cm³/mol. The van der Waals surface area contributed by atoms with Gasteiger partial charge in [-0.3, -0.25) is 0 Å². The Balaban J connectivity index is 2.30. The van der Waals surface area contributed by atoms with E-state index in [0.717, 1.165) is 5.69 Å². The van der Waals surface area contributed by atoms with Crippen LogP contribution in [0.1, 0.15) is 5.69 Å². The summed E-state index contributed by atoms with van der Waals surface area (Å²) in [7, 11) is 1.88. The summed E-state index contributed by atoms with van der Waals surface area (Å²) >= 11 is 0. The highest BCUT2D eigenvalue weighted by Gasteiger charge is 2.12. The van der Waals surface area contributed by atoms with Crippen molar-refractivity contribution in [2.24, 2.45) is 7.05 Å². The molecule has 0 aromatic carbocycles. The largest absolute Gasteiger partial charge is 0.337 e. The molecule has 6 nitrogen and oxygen atoms in total. The third kappa shape index (κ3) is 3.58. The Morgan fingerprint density at radius 3 is 2.69 bits per heavy atom. The molecule has 0 saturated carbocycles. The van der Waals surface area contributed by atoms with E-state index in [1.165, 1.54) is 18.4 Å². The highest BCUT2D eigenvalue weighted by molar-refractivity contribution is 7.89. The highest BCUT2D eigenvalue weighted by atomic mass is 32.2. The topological polar surface area (TPSA) is 67.2 Å². The molecule has 0 aliphatic carbocycles. The molecule has 1 heterocycles. The first kappa shape index (κ1) is 13.1. The maximum Gasteiger partial charge on any atom is 0.214 e. The van der Waals surface area contributed by atoms with Gasteiger partial charge in [-0.05, 0) is 0 Å². The Labute approximate surface area is 96.3 Å². The van der Waals surface area contributed by atoms with Crippen molar-refractivity contribution in [3.05, 3.63) is 18.2 Å². The molecule has 0 unspecified atom stereocenters. The quantitative estimate of drug-likeness (QED) is 0.681. The van der Waals surface area contributed by atoms with Crippen LogP contribution >= 0.6 is 0 Å². The molecule has 0 atom stereocenters. The molecule has 7 heteroatoms. The molecule has 92 valence electrons. The fraction of sp³-hybridized carbons (Fsp3) is 0.667. The fourth-order valence-electron chi connectivity index (χ4n) is 1.16. The van der Waals surface area contributed by atoms with E-state index in [-0.39, 0.29) is 5.75 Å². The number of nitrogens with one attached hydrogen (secondary N) is 1. The lowest BCUT2D eigenvalue weighted by Gasteiger charge is -2.11. The van der Waals surface area contributed by atoms with Gasteiger partial charge in [-0.1, -0.05) is 0 Å². The van der Waals surface area contributed by atoms with Crippen molar-refractivity contribution in [2.45, 2.75) is 6.54 Å². The highest BCUT2D eigenvalue weighted by Crippen LogP contribution is 1.96. The second-order valence-corrected chi connectivity index (χ2v) is 6.07. The van der Waals surface area contributed by atoms with Gasteiger partial charge in [0.15, 0.2) is 0 Å². The average molecular weight is 246 g/mol. The van der Waals surface area contributed by atoms with Gasteiger partial charge in [-0.15, -0.1) is 0 Å². The van der Waals surface area contributed by atoms with Crippen LogP contribution in [-0.2, 0) is 23.6 Å². The summed E-state index contributed by atoms with van der Waals surface area (Å²) in [4.78, 5) is 3.97. The molecular formula is C9H18N4O2S. The molecule has 0 aliphatic heterocycles. The molecule has 1 N–H and O–H groups in total. The van der Waals surface area contributed by atoms with Crippen molar-refractivity contribution in [1.29, 1.82) is 0 Å². The Morgan fingerprint density at radius 1 is 1.50 bits per heavy atom. The summed E-state index contributed by atoms with van der Waals surface area (Å²) in [6.07, 6.45) is 3.47. The third-order valence-corrected chi connectivity index (χ3v) is 4.15. The normalized spacial score (nSPS) is 12.2. The molecule has 1 rings (SSSR count). The van der Waals surface area contributed by atoms with Gasteiger partial charge in [0.25, 0.3) is 0 Å². The second kappa shape index (κ2) is 5.42. The summed E-state index contributed by atoms with van der Waals surface area (Å²) in [5.74, 6) is 0.109. The standard InChI is InChI=1S/C9H18N4O2S/c1-12(2)16(14,15)5-4-10-6-9-7-11-8-13(9)3/h7-8,10H,4-6H2,1-3H3. The van der Waals surface area contributed by atoms with Crippen LogP contribution in [0.15, 0.2) is 12.5 Å². The van der Waals surface area contributed by atoms with Crippen molar-refractivity contribution in [3.8, 4) is 0 Å². The van der Waals surface area contributed by atoms with Crippen LogP contribution in [0.2, 0.25) is 0 Å². The van der Waals surface area contributed by atoms with Crippen molar-refractivity contribution in [3.63, 3.8) is 0 Å². The summed E-state index contributed by atoms with van der Waals surface area (Å²) in [6, 6.07) is 0. The monoisotopic (exact) mass is 246 g/mol. The lowest BCUT2D eigenvalue weighted by atomic mass is 10.4. The zero-order valence-corrected chi connectivity index (χ0v) is 10.7. The minimum atomic E-state index is -3.10. The van der Waals surface area contributed by atoms with E-state index in [1.807, 2.05) is 11.6 Å². The van der Waals surface area contributed by atoms with Crippen LogP contribution in [0.5, 0.6) is 0 Å². The van der Waals surface area contributed by atoms with Crippen LogP contribution in [0, 0.1) is 0 Å². The lowest BCUT2D eigenvalue weighted by molar-refractivity contribution is 0.517. The SMILES string of the molecule is CN(C)S(=O)(=O)CCNCc1cncn1C. The minimum absolute atomic E-state index is 0.109. The molecule has 0 saturated heterocycles. The summed E-state index contributed by atoms with van der Waals surface area (Å²) < 4.78 is 26.0. The van der Waals surface area contributed by atoms with E-state index in [2.05, 4.69) is 10.3 Å². The van der Waals surface area contributed by atoms with E-state index in [9.17, 15) is 8.42 Å². The van der Waals surface area contributed by atoms with Gasteiger partial charge in [0.05, 0.1) is 17.8 Å². The summed E-state index contributed by atoms with van der Waals surface area (Å²) in [5, 5.41) is 3.07. The van der Waals surface area contributed by atoms with Crippen LogP contribution in [0.4, 0.5) is 0 Å². The van der Waals surface area contributed by atoms with Crippen molar-refractivity contribution >= 4 is 10.0 Å². The Hall–Kier alpha value is -0.920. The Morgan fingerprint density at radius 2 is 2.19 bits per heavy atom. The smallest absolute Gasteiger partial charge is 0.214 e. The fourth-order valence-corrected chi connectivity index (χ4v) is 1.92. The molecule has 0 aliphatic rings. The van der Waals surface area contributed by atoms with Crippen molar-refractivity contribution in [1.82, 2.24) is 19.2 Å². The van der Waals surface area contributed by atoms with Gasteiger partial charge in [-0.2, -0.15) is 0 Å². The maximum atomic E-state index is 11.4. The number of sulfonamides is 1. The van der Waals surface area contributed by atoms with Crippen LogP contribution in [0.3, 0.4) is 0 Å². The number of hydrogen-bond acceptors (Lipinski definition) is 4. The van der Waals surface area contributed by atoms with Gasteiger partial charge in [0.1, 0.15) is 0 Å². The molecule has 16 heavy (non-hydrogen) atoms. The van der Waals surface area contributed by atoms with Gasteiger partial charge >= 0.3 is 0 Å². The number of rotatable bonds is 6. The molecule has 0 spiro atoms. The summed E-state index contributed by atoms with van der Waals surface area (Å²) in [5.41, 5.74) is 1.03. The third-order valence-electron chi connectivity index (χ3n) is 2.32. The number of aryl methyl sites for hydroxylation is 1. The first-order chi connectivity index (χ1) is 7.43. The number of nitrogens with zero attached hydrogens (tertiary/aromatic N) is 3. The van der Waals surface area contributed by atoms with Gasteiger partial charge in [0.2, 0.25) is 10.0 Å². The van der Waals surface area contributed by atoms with Crippen LogP contribution in [-0.4, -0.2) is 48.7 Å². The first-order valence-corrected chi connectivity index (χ1v) is 6.60.